The Balaban J connectivity index is 1.73. The average Bonchev–Trinajstić information content (AvgIpc) is 3.47. The average molecular weight is 576 g/mol. The van der Waals surface area contributed by atoms with Gasteiger partial charge in [0.2, 0.25) is 21.8 Å². The number of nitrogens with zero attached hydrogens (tertiary/aromatic N) is 2. The third kappa shape index (κ3) is 8.19. The molecule has 0 aliphatic heterocycles. The van der Waals surface area contributed by atoms with Gasteiger partial charge in [-0.25, -0.2) is 8.42 Å². The molecule has 1 fully saturated rings. The van der Waals surface area contributed by atoms with Gasteiger partial charge in [-0.3, -0.25) is 13.9 Å². The van der Waals surface area contributed by atoms with E-state index in [2.05, 4.69) is 5.32 Å². The van der Waals surface area contributed by atoms with Gasteiger partial charge in [0.05, 0.1) is 11.9 Å². The van der Waals surface area contributed by atoms with Gasteiger partial charge in [0.1, 0.15) is 12.6 Å². The van der Waals surface area contributed by atoms with E-state index in [-0.39, 0.29) is 18.5 Å². The Labute approximate surface area is 244 Å². The highest BCUT2D eigenvalue weighted by atomic mass is 32.2. The zero-order chi connectivity index (χ0) is 29.4. The first-order valence-electron chi connectivity index (χ1n) is 14.4. The number of anilines is 1. The third-order valence-corrected chi connectivity index (χ3v) is 8.89. The Kier molecular flexibility index (Phi) is 10.2. The van der Waals surface area contributed by atoms with Crippen LogP contribution in [0.2, 0.25) is 0 Å². The van der Waals surface area contributed by atoms with Gasteiger partial charge in [-0.15, -0.1) is 0 Å². The molecule has 41 heavy (non-hydrogen) atoms. The molecule has 1 aliphatic carbocycles. The fraction of sp³-hybridized carbons (Fsp3) is 0.394. The van der Waals surface area contributed by atoms with E-state index in [1.165, 1.54) is 4.31 Å². The molecule has 8 heteroatoms. The van der Waals surface area contributed by atoms with E-state index in [4.69, 9.17) is 0 Å². The van der Waals surface area contributed by atoms with E-state index in [0.29, 0.717) is 18.5 Å². The van der Waals surface area contributed by atoms with E-state index in [0.717, 1.165) is 54.2 Å². The van der Waals surface area contributed by atoms with Crippen LogP contribution in [0.1, 0.15) is 54.9 Å². The molecule has 3 aromatic carbocycles. The summed E-state index contributed by atoms with van der Waals surface area (Å²) in [7, 11) is -3.80. The maximum atomic E-state index is 14.3. The Hall–Kier alpha value is -3.65. The second kappa shape index (κ2) is 13.8. The second-order valence-electron chi connectivity index (χ2n) is 11.0. The van der Waals surface area contributed by atoms with Crippen molar-refractivity contribution in [3.63, 3.8) is 0 Å². The van der Waals surface area contributed by atoms with E-state index >= 15 is 0 Å². The largest absolute Gasteiger partial charge is 0.352 e. The summed E-state index contributed by atoms with van der Waals surface area (Å²) in [6.45, 7) is 3.73. The van der Waals surface area contributed by atoms with E-state index in [9.17, 15) is 18.0 Å². The van der Waals surface area contributed by atoms with Crippen molar-refractivity contribution in [3.05, 3.63) is 101 Å². The molecule has 0 saturated heterocycles. The zero-order valence-electron chi connectivity index (χ0n) is 24.3. The van der Waals surface area contributed by atoms with E-state index in [1.54, 1.807) is 17.0 Å². The van der Waals surface area contributed by atoms with Crippen molar-refractivity contribution in [1.82, 2.24) is 10.2 Å². The van der Waals surface area contributed by atoms with Gasteiger partial charge in [-0.1, -0.05) is 98.1 Å². The van der Waals surface area contributed by atoms with Gasteiger partial charge in [-0.2, -0.15) is 0 Å². The fourth-order valence-corrected chi connectivity index (χ4v) is 6.34. The number of para-hydroxylation sites is 1. The summed E-state index contributed by atoms with van der Waals surface area (Å²) in [6, 6.07) is 24.0. The molecule has 0 radical (unpaired) electrons. The third-order valence-electron chi connectivity index (χ3n) is 7.77. The molecule has 1 unspecified atom stereocenters. The number of hydrogen-bond acceptors (Lipinski definition) is 4. The molecule has 0 bridgehead atoms. The van der Waals surface area contributed by atoms with Gasteiger partial charge < -0.3 is 10.2 Å². The van der Waals surface area contributed by atoms with Crippen LogP contribution in [0.3, 0.4) is 0 Å². The Morgan fingerprint density at radius 1 is 0.902 bits per heavy atom. The molecule has 0 heterocycles. The molecule has 218 valence electrons. The number of aryl methyl sites for hydroxylation is 2. The van der Waals surface area contributed by atoms with Gasteiger partial charge in [0.15, 0.2) is 0 Å². The standard InChI is InChI=1S/C33H41N3O4S/c1-4-28-14-8-11-17-30(28)36(41(3,39)40)24-32(37)35(23-27-20-18-25(2)19-21-27)31(22-26-12-6-5-7-13-26)33(38)34-29-15-9-10-16-29/h5-8,11-14,17-21,29,31H,4,9-10,15-16,22-24H2,1-3H3,(H,34,38). The number of hydrogen-bond donors (Lipinski definition) is 1. The molecule has 1 N–H and O–H groups in total. The summed E-state index contributed by atoms with van der Waals surface area (Å²) >= 11 is 0. The molecule has 7 nitrogen and oxygen atoms in total. The van der Waals surface area contributed by atoms with Crippen LogP contribution in [0.15, 0.2) is 78.9 Å². The normalized spacial score (nSPS) is 14.4. The maximum absolute atomic E-state index is 14.3. The summed E-state index contributed by atoms with van der Waals surface area (Å²) in [5.41, 5.74) is 4.20. The zero-order valence-corrected chi connectivity index (χ0v) is 25.1. The number of benzene rings is 3. The Morgan fingerprint density at radius 2 is 1.54 bits per heavy atom. The maximum Gasteiger partial charge on any atom is 0.244 e. The predicted octanol–water partition coefficient (Wildman–Crippen LogP) is 5.02. The minimum Gasteiger partial charge on any atom is -0.352 e. The van der Waals surface area contributed by atoms with Gasteiger partial charge in [-0.05, 0) is 48.9 Å². The number of nitrogens with one attached hydrogen (secondary N) is 1. The lowest BCUT2D eigenvalue weighted by atomic mass is 10.0. The predicted molar refractivity (Wildman–Crippen MR) is 164 cm³/mol. The molecule has 1 saturated carbocycles. The lowest BCUT2D eigenvalue weighted by Crippen LogP contribution is -2.54. The van der Waals surface area contributed by atoms with Crippen molar-refractivity contribution in [3.8, 4) is 0 Å². The number of carbonyl (C=O) groups is 2. The lowest BCUT2D eigenvalue weighted by molar-refractivity contribution is -0.140. The Morgan fingerprint density at radius 3 is 2.17 bits per heavy atom. The summed E-state index contributed by atoms with van der Waals surface area (Å²) < 4.78 is 27.3. The van der Waals surface area contributed by atoms with Crippen molar-refractivity contribution < 1.29 is 18.0 Å². The fourth-order valence-electron chi connectivity index (χ4n) is 5.46. The summed E-state index contributed by atoms with van der Waals surface area (Å²) in [5.74, 6) is -0.634. The number of amides is 2. The van der Waals surface area contributed by atoms with Crippen LogP contribution in [0.25, 0.3) is 0 Å². The molecular formula is C33H41N3O4S. The summed E-state index contributed by atoms with van der Waals surface area (Å²) in [5, 5.41) is 3.20. The Bertz CT molecular complexity index is 1420. The SMILES string of the molecule is CCc1ccccc1N(CC(=O)N(Cc1ccc(C)cc1)C(Cc1ccccc1)C(=O)NC1CCCC1)S(C)(=O)=O. The van der Waals surface area contributed by atoms with Gasteiger partial charge in [0.25, 0.3) is 0 Å². The minimum atomic E-state index is -3.80. The molecule has 1 aliphatic rings. The van der Waals surface area contributed by atoms with Crippen LogP contribution >= 0.6 is 0 Å². The summed E-state index contributed by atoms with van der Waals surface area (Å²) in [6.07, 6.45) is 6.04. The van der Waals surface area contributed by atoms with Crippen molar-refractivity contribution in [2.75, 3.05) is 17.1 Å². The van der Waals surface area contributed by atoms with Gasteiger partial charge >= 0.3 is 0 Å². The quantitative estimate of drug-likeness (QED) is 0.329. The monoisotopic (exact) mass is 575 g/mol. The summed E-state index contributed by atoms with van der Waals surface area (Å²) in [4.78, 5) is 29.7. The molecule has 2 amide bonds. The van der Waals surface area contributed by atoms with Crippen LogP contribution in [-0.2, 0) is 39.0 Å². The van der Waals surface area contributed by atoms with Crippen molar-refractivity contribution in [2.45, 2.75) is 71.0 Å². The van der Waals surface area contributed by atoms with Crippen molar-refractivity contribution in [1.29, 1.82) is 0 Å². The van der Waals surface area contributed by atoms with Crippen LogP contribution in [0, 0.1) is 6.92 Å². The topological polar surface area (TPSA) is 86.8 Å². The second-order valence-corrected chi connectivity index (χ2v) is 12.9. The van der Waals surface area contributed by atoms with Crippen LogP contribution in [0.5, 0.6) is 0 Å². The van der Waals surface area contributed by atoms with Gasteiger partial charge in [0, 0.05) is 19.0 Å². The van der Waals surface area contributed by atoms with Crippen LogP contribution < -0.4 is 9.62 Å². The number of carbonyl (C=O) groups excluding carboxylic acids is 2. The van der Waals surface area contributed by atoms with Crippen molar-refractivity contribution >= 4 is 27.5 Å². The van der Waals surface area contributed by atoms with E-state index < -0.39 is 28.5 Å². The minimum absolute atomic E-state index is 0.0843. The molecule has 0 spiro atoms. The van der Waals surface area contributed by atoms with Crippen molar-refractivity contribution in [2.24, 2.45) is 0 Å². The highest BCUT2D eigenvalue weighted by Gasteiger charge is 2.34. The molecule has 0 aromatic heterocycles. The number of rotatable bonds is 12. The highest BCUT2D eigenvalue weighted by molar-refractivity contribution is 7.92. The van der Waals surface area contributed by atoms with E-state index in [1.807, 2.05) is 80.6 Å². The van der Waals surface area contributed by atoms with Crippen LogP contribution in [0.4, 0.5) is 5.69 Å². The first kappa shape index (κ1) is 30.3. The molecule has 3 aromatic rings. The smallest absolute Gasteiger partial charge is 0.244 e. The molecule has 1 atom stereocenters. The first-order valence-corrected chi connectivity index (χ1v) is 16.3. The molecular weight excluding hydrogens is 534 g/mol. The lowest BCUT2D eigenvalue weighted by Gasteiger charge is -2.34. The number of sulfonamides is 1. The first-order chi connectivity index (χ1) is 19.7. The van der Waals surface area contributed by atoms with Crippen LogP contribution in [-0.4, -0.2) is 50.0 Å². The molecule has 4 rings (SSSR count). The highest BCUT2D eigenvalue weighted by Crippen LogP contribution is 2.25.